The number of carbonyl (C=O) groups is 3. The first-order valence-electron chi connectivity index (χ1n) is 12.6. The maximum absolute atomic E-state index is 13.4. The van der Waals surface area contributed by atoms with Gasteiger partial charge in [0.15, 0.2) is 5.60 Å². The van der Waals surface area contributed by atoms with Gasteiger partial charge in [-0.15, -0.1) is 0 Å². The second-order valence-corrected chi connectivity index (χ2v) is 10.6. The Labute approximate surface area is 207 Å². The molecule has 11 heteroatoms. The number of hydrazine groups is 1. The zero-order valence-corrected chi connectivity index (χ0v) is 21.8. The van der Waals surface area contributed by atoms with Crippen LogP contribution in [0.3, 0.4) is 0 Å². The molecule has 0 spiro atoms. The van der Waals surface area contributed by atoms with Crippen molar-refractivity contribution in [2.75, 3.05) is 6.54 Å². The molecule has 0 radical (unpaired) electrons. The van der Waals surface area contributed by atoms with E-state index in [-0.39, 0.29) is 12.3 Å². The Hall–Kier alpha value is -1.79. The van der Waals surface area contributed by atoms with Crippen LogP contribution in [0.2, 0.25) is 0 Å². The standard InChI is InChI=1S/C24H44N4O7/c1-7-14(4)16-10-11-24(34,35-15(16)5)23(6,33)22(32)27-18(19(29)13(2)3)21(31)28-17(20(25)30)9-8-12-26-28/h13-19,26,29,33-34H,7-12H2,1-6H3,(H2,25,30)(H,27,32). The summed E-state index contributed by atoms with van der Waals surface area (Å²) in [5.41, 5.74) is 5.86. The first-order valence-corrected chi connectivity index (χ1v) is 12.6. The van der Waals surface area contributed by atoms with Crippen LogP contribution in [0.4, 0.5) is 0 Å². The number of hydrogen-bond donors (Lipinski definition) is 6. The molecule has 2 aliphatic heterocycles. The summed E-state index contributed by atoms with van der Waals surface area (Å²) in [5.74, 6) is -4.68. The Morgan fingerprint density at radius 2 is 1.91 bits per heavy atom. The van der Waals surface area contributed by atoms with Gasteiger partial charge in [0.2, 0.25) is 11.7 Å². The zero-order valence-electron chi connectivity index (χ0n) is 21.8. The van der Waals surface area contributed by atoms with Gasteiger partial charge in [-0.1, -0.05) is 34.1 Å². The number of ether oxygens (including phenoxy) is 1. The lowest BCUT2D eigenvalue weighted by atomic mass is 9.77. The molecule has 11 nitrogen and oxygen atoms in total. The predicted molar refractivity (Wildman–Crippen MR) is 128 cm³/mol. The average molecular weight is 501 g/mol. The maximum Gasteiger partial charge on any atom is 0.262 e. The summed E-state index contributed by atoms with van der Waals surface area (Å²) in [6, 6.07) is -2.45. The number of nitrogens with two attached hydrogens (primary N) is 1. The van der Waals surface area contributed by atoms with E-state index in [2.05, 4.69) is 24.6 Å². The largest absolute Gasteiger partial charge is 0.390 e. The molecule has 2 saturated heterocycles. The lowest BCUT2D eigenvalue weighted by Gasteiger charge is -2.48. The second kappa shape index (κ2) is 11.5. The Balaban J connectivity index is 2.27. The molecule has 0 aromatic heterocycles. The van der Waals surface area contributed by atoms with Gasteiger partial charge in [0, 0.05) is 13.0 Å². The van der Waals surface area contributed by atoms with Crippen molar-refractivity contribution in [2.24, 2.45) is 23.5 Å². The topological polar surface area (TPSA) is 174 Å². The molecule has 7 N–H and O–H groups in total. The molecule has 8 unspecified atom stereocenters. The fraction of sp³-hybridized carbons (Fsp3) is 0.875. The first-order chi connectivity index (χ1) is 16.2. The van der Waals surface area contributed by atoms with E-state index in [1.807, 2.05) is 0 Å². The minimum absolute atomic E-state index is 0.0234. The van der Waals surface area contributed by atoms with Crippen LogP contribution in [0.25, 0.3) is 0 Å². The molecule has 2 heterocycles. The Bertz CT molecular complexity index is 777. The third kappa shape index (κ3) is 6.14. The highest BCUT2D eigenvalue weighted by Gasteiger charge is 2.57. The zero-order chi connectivity index (χ0) is 26.7. The van der Waals surface area contributed by atoms with Crippen LogP contribution in [0, 0.1) is 17.8 Å². The third-order valence-corrected chi connectivity index (χ3v) is 7.77. The number of aliphatic hydroxyl groups excluding tert-OH is 1. The van der Waals surface area contributed by atoms with Crippen LogP contribution in [-0.4, -0.2) is 80.3 Å². The van der Waals surface area contributed by atoms with Crippen LogP contribution in [-0.2, 0) is 19.1 Å². The van der Waals surface area contributed by atoms with Crippen molar-refractivity contribution in [1.29, 1.82) is 0 Å². The van der Waals surface area contributed by atoms with Gasteiger partial charge in [-0.2, -0.15) is 0 Å². The highest BCUT2D eigenvalue weighted by Crippen LogP contribution is 2.41. The van der Waals surface area contributed by atoms with Crippen molar-refractivity contribution in [3.63, 3.8) is 0 Å². The van der Waals surface area contributed by atoms with Gasteiger partial charge in [0.05, 0.1) is 12.2 Å². The van der Waals surface area contributed by atoms with Gasteiger partial charge < -0.3 is 31.1 Å². The van der Waals surface area contributed by atoms with Crippen molar-refractivity contribution in [3.8, 4) is 0 Å². The normalized spacial score (nSPS) is 31.8. The van der Waals surface area contributed by atoms with E-state index in [1.54, 1.807) is 20.8 Å². The quantitative estimate of drug-likeness (QED) is 0.252. The Morgan fingerprint density at radius 3 is 2.43 bits per heavy atom. The van der Waals surface area contributed by atoms with Crippen LogP contribution in [0.15, 0.2) is 0 Å². The van der Waals surface area contributed by atoms with E-state index in [0.717, 1.165) is 18.4 Å². The summed E-state index contributed by atoms with van der Waals surface area (Å²) < 4.78 is 5.82. The van der Waals surface area contributed by atoms with Crippen molar-refractivity contribution in [2.45, 2.75) is 109 Å². The number of hydrogen-bond acceptors (Lipinski definition) is 8. The minimum Gasteiger partial charge on any atom is -0.390 e. The van der Waals surface area contributed by atoms with E-state index in [1.165, 1.54) is 0 Å². The van der Waals surface area contributed by atoms with Crippen molar-refractivity contribution in [3.05, 3.63) is 0 Å². The molecular weight excluding hydrogens is 456 g/mol. The molecule has 8 atom stereocenters. The Kier molecular flexibility index (Phi) is 9.68. The molecule has 0 bridgehead atoms. The molecule has 0 aromatic rings. The number of amides is 3. The van der Waals surface area contributed by atoms with Gasteiger partial charge in [-0.25, -0.2) is 5.43 Å². The lowest BCUT2D eigenvalue weighted by molar-refractivity contribution is -0.327. The molecular formula is C24H44N4O7. The fourth-order valence-corrected chi connectivity index (χ4v) is 4.98. The number of carbonyl (C=O) groups excluding carboxylic acids is 3. The number of nitrogens with one attached hydrogen (secondary N) is 2. The smallest absolute Gasteiger partial charge is 0.262 e. The van der Waals surface area contributed by atoms with E-state index >= 15 is 0 Å². The Morgan fingerprint density at radius 1 is 1.29 bits per heavy atom. The summed E-state index contributed by atoms with van der Waals surface area (Å²) in [7, 11) is 0. The number of primary amides is 1. The monoisotopic (exact) mass is 500 g/mol. The molecule has 202 valence electrons. The SMILES string of the molecule is CCC(C)C1CCC(O)(C(C)(O)C(=O)NC(C(=O)N2NCCCC2C(N)=O)C(O)C(C)C)OC1C. The highest BCUT2D eigenvalue weighted by molar-refractivity contribution is 5.94. The van der Waals surface area contributed by atoms with Gasteiger partial charge in [0.25, 0.3) is 11.8 Å². The summed E-state index contributed by atoms with van der Waals surface area (Å²) in [6.07, 6.45) is 0.719. The average Bonchev–Trinajstić information content (AvgIpc) is 2.80. The molecule has 35 heavy (non-hydrogen) atoms. The molecule has 2 rings (SSSR count). The van der Waals surface area contributed by atoms with Gasteiger partial charge in [0.1, 0.15) is 12.1 Å². The fourth-order valence-electron chi connectivity index (χ4n) is 4.98. The number of aliphatic hydroxyl groups is 3. The van der Waals surface area contributed by atoms with Crippen molar-refractivity contribution >= 4 is 17.7 Å². The molecule has 2 fully saturated rings. The summed E-state index contributed by atoms with van der Waals surface area (Å²) in [5, 5.41) is 36.6. The van der Waals surface area contributed by atoms with E-state index in [0.29, 0.717) is 31.7 Å². The van der Waals surface area contributed by atoms with E-state index in [9.17, 15) is 29.7 Å². The second-order valence-electron chi connectivity index (χ2n) is 10.6. The first kappa shape index (κ1) is 29.4. The lowest BCUT2D eigenvalue weighted by Crippen LogP contribution is -2.69. The summed E-state index contributed by atoms with van der Waals surface area (Å²) >= 11 is 0. The van der Waals surface area contributed by atoms with Crippen LogP contribution < -0.4 is 16.5 Å². The number of nitrogens with zero attached hydrogens (tertiary/aromatic N) is 1. The highest BCUT2D eigenvalue weighted by atomic mass is 16.6. The molecule has 0 saturated carbocycles. The summed E-state index contributed by atoms with van der Waals surface area (Å²) in [4.78, 5) is 38.6. The van der Waals surface area contributed by atoms with Crippen LogP contribution in [0.1, 0.15) is 73.6 Å². The summed E-state index contributed by atoms with van der Waals surface area (Å²) in [6.45, 7) is 10.8. The maximum atomic E-state index is 13.4. The predicted octanol–water partition coefficient (Wildman–Crippen LogP) is -0.230. The molecule has 3 amide bonds. The van der Waals surface area contributed by atoms with Crippen LogP contribution in [0.5, 0.6) is 0 Å². The van der Waals surface area contributed by atoms with Crippen molar-refractivity contribution in [1.82, 2.24) is 15.8 Å². The molecule has 2 aliphatic rings. The third-order valence-electron chi connectivity index (χ3n) is 7.77. The van der Waals surface area contributed by atoms with Gasteiger partial charge in [-0.3, -0.25) is 19.4 Å². The van der Waals surface area contributed by atoms with Gasteiger partial charge in [-0.05, 0) is 50.9 Å². The molecule has 0 aromatic carbocycles. The molecule has 0 aliphatic carbocycles. The minimum atomic E-state index is -2.42. The van der Waals surface area contributed by atoms with Crippen LogP contribution >= 0.6 is 0 Å². The van der Waals surface area contributed by atoms with E-state index in [4.69, 9.17) is 10.5 Å². The van der Waals surface area contributed by atoms with E-state index < -0.39 is 59.3 Å². The van der Waals surface area contributed by atoms with Crippen molar-refractivity contribution < 1.29 is 34.4 Å². The van der Waals surface area contributed by atoms with Gasteiger partial charge >= 0.3 is 0 Å². The number of rotatable bonds is 9.